The number of carbonyl (C=O) groups excluding carboxylic acids is 3. The molecule has 2 unspecified atom stereocenters. The van der Waals surface area contributed by atoms with E-state index in [0.717, 1.165) is 0 Å². The van der Waals surface area contributed by atoms with Gasteiger partial charge in [0.2, 0.25) is 5.91 Å². The summed E-state index contributed by atoms with van der Waals surface area (Å²) in [5.74, 6) is -1.18. The number of nitrogens with zero attached hydrogens (tertiary/aromatic N) is 1. The average Bonchev–Trinajstić information content (AvgIpc) is 2.31. The maximum absolute atomic E-state index is 11.5. The van der Waals surface area contributed by atoms with Gasteiger partial charge in [-0.1, -0.05) is 13.0 Å². The predicted octanol–water partition coefficient (Wildman–Crippen LogP) is -0.163. The molecule has 6 heteroatoms. The summed E-state index contributed by atoms with van der Waals surface area (Å²) >= 11 is 0. The van der Waals surface area contributed by atoms with E-state index in [1.165, 1.54) is 12.0 Å². The van der Waals surface area contributed by atoms with Crippen LogP contribution in [-0.4, -0.2) is 42.6 Å². The van der Waals surface area contributed by atoms with Crippen molar-refractivity contribution in [3.8, 4) is 0 Å². The van der Waals surface area contributed by atoms with Crippen LogP contribution in [0.1, 0.15) is 13.3 Å². The first-order valence-electron chi connectivity index (χ1n) is 5.36. The molecule has 1 aliphatic heterocycles. The number of amides is 1. The molecule has 0 aromatic carbocycles. The Kier molecular flexibility index (Phi) is 2.87. The molecule has 0 aromatic heterocycles. The third kappa shape index (κ3) is 1.69. The van der Waals surface area contributed by atoms with E-state index in [2.05, 4.69) is 4.74 Å². The Balaban J connectivity index is 1.94. The molecule has 1 fully saturated rings. The molecule has 17 heavy (non-hydrogen) atoms. The SMILES string of the molecule is CCC(=O)OCN1C(=O)C2C=C(C(=O)OC)C21. The number of hydrogen-bond acceptors (Lipinski definition) is 5. The van der Waals surface area contributed by atoms with E-state index in [-0.39, 0.29) is 37.0 Å². The van der Waals surface area contributed by atoms with Gasteiger partial charge < -0.3 is 14.4 Å². The summed E-state index contributed by atoms with van der Waals surface area (Å²) in [6, 6.07) is -0.278. The second-order valence-corrected chi connectivity index (χ2v) is 3.89. The largest absolute Gasteiger partial charge is 0.466 e. The number of β-lactam (4-membered cyclic amide) rings is 1. The van der Waals surface area contributed by atoms with E-state index < -0.39 is 5.97 Å². The number of esters is 2. The van der Waals surface area contributed by atoms with Gasteiger partial charge >= 0.3 is 11.9 Å². The zero-order chi connectivity index (χ0) is 12.6. The van der Waals surface area contributed by atoms with E-state index in [0.29, 0.717) is 5.57 Å². The molecule has 6 nitrogen and oxygen atoms in total. The second-order valence-electron chi connectivity index (χ2n) is 3.89. The number of fused-ring (bicyclic) bond motifs is 1. The normalized spacial score (nSPS) is 25.2. The van der Waals surface area contributed by atoms with E-state index in [1.54, 1.807) is 13.0 Å². The maximum atomic E-state index is 11.5. The molecule has 1 aliphatic carbocycles. The highest BCUT2D eigenvalue weighted by Crippen LogP contribution is 2.42. The summed E-state index contributed by atoms with van der Waals surface area (Å²) in [6.45, 7) is 1.58. The standard InChI is InChI=1S/C11H13NO5/c1-3-8(13)17-5-12-9-6(10(12)14)4-7(9)11(15)16-2/h4,6,9H,3,5H2,1-2H3. The van der Waals surface area contributed by atoms with Crippen LogP contribution in [0.25, 0.3) is 0 Å². The Morgan fingerprint density at radius 2 is 2.18 bits per heavy atom. The van der Waals surface area contributed by atoms with Gasteiger partial charge in [-0.25, -0.2) is 4.79 Å². The zero-order valence-corrected chi connectivity index (χ0v) is 9.63. The monoisotopic (exact) mass is 239 g/mol. The summed E-state index contributed by atoms with van der Waals surface area (Å²) in [7, 11) is 1.29. The second kappa shape index (κ2) is 4.20. The van der Waals surface area contributed by atoms with Crippen LogP contribution in [0.15, 0.2) is 11.6 Å². The predicted molar refractivity (Wildman–Crippen MR) is 55.5 cm³/mol. The zero-order valence-electron chi connectivity index (χ0n) is 9.63. The van der Waals surface area contributed by atoms with Gasteiger partial charge in [-0.2, -0.15) is 0 Å². The van der Waals surface area contributed by atoms with Crippen molar-refractivity contribution in [2.24, 2.45) is 5.92 Å². The highest BCUT2D eigenvalue weighted by molar-refractivity contribution is 6.02. The van der Waals surface area contributed by atoms with Gasteiger partial charge in [0, 0.05) is 6.42 Å². The van der Waals surface area contributed by atoms with Crippen LogP contribution in [0.3, 0.4) is 0 Å². The molecule has 1 heterocycles. The Morgan fingerprint density at radius 1 is 1.47 bits per heavy atom. The van der Waals surface area contributed by atoms with Gasteiger partial charge in [0.15, 0.2) is 6.73 Å². The number of ether oxygens (including phenoxy) is 2. The fraction of sp³-hybridized carbons (Fsp3) is 0.545. The Labute approximate surface area is 98.2 Å². The van der Waals surface area contributed by atoms with Crippen LogP contribution < -0.4 is 0 Å². The fourth-order valence-corrected chi connectivity index (χ4v) is 1.97. The van der Waals surface area contributed by atoms with Crippen LogP contribution in [0.4, 0.5) is 0 Å². The first-order chi connectivity index (χ1) is 8.10. The van der Waals surface area contributed by atoms with Crippen molar-refractivity contribution in [3.05, 3.63) is 11.6 Å². The van der Waals surface area contributed by atoms with Gasteiger partial charge in [0.25, 0.3) is 0 Å². The van der Waals surface area contributed by atoms with Crippen LogP contribution >= 0.6 is 0 Å². The molecule has 0 saturated carbocycles. The lowest BCUT2D eigenvalue weighted by molar-refractivity contribution is -0.170. The van der Waals surface area contributed by atoms with Crippen molar-refractivity contribution < 1.29 is 23.9 Å². The molecule has 0 spiro atoms. The third-order valence-electron chi connectivity index (χ3n) is 3.00. The quantitative estimate of drug-likeness (QED) is 0.503. The summed E-state index contributed by atoms with van der Waals surface area (Å²) in [5, 5.41) is 0. The van der Waals surface area contributed by atoms with E-state index in [1.807, 2.05) is 0 Å². The van der Waals surface area contributed by atoms with Crippen LogP contribution in [0, 0.1) is 5.92 Å². The summed E-state index contributed by atoms with van der Waals surface area (Å²) in [4.78, 5) is 35.2. The highest BCUT2D eigenvalue weighted by atomic mass is 16.5. The number of rotatable bonds is 4. The van der Waals surface area contributed by atoms with E-state index in [4.69, 9.17) is 4.74 Å². The van der Waals surface area contributed by atoms with Crippen molar-refractivity contribution in [2.75, 3.05) is 13.8 Å². The molecule has 1 saturated heterocycles. The molecule has 1 amide bonds. The van der Waals surface area contributed by atoms with Crippen LogP contribution in [-0.2, 0) is 23.9 Å². The van der Waals surface area contributed by atoms with Crippen molar-refractivity contribution in [1.29, 1.82) is 0 Å². The molecule has 0 radical (unpaired) electrons. The summed E-state index contributed by atoms with van der Waals surface area (Å²) < 4.78 is 9.45. The average molecular weight is 239 g/mol. The molecule has 2 aliphatic rings. The smallest absolute Gasteiger partial charge is 0.335 e. The van der Waals surface area contributed by atoms with Crippen LogP contribution in [0.5, 0.6) is 0 Å². The third-order valence-corrected chi connectivity index (χ3v) is 3.00. The molecule has 0 bridgehead atoms. The highest BCUT2D eigenvalue weighted by Gasteiger charge is 2.56. The van der Waals surface area contributed by atoms with Crippen LogP contribution in [0.2, 0.25) is 0 Å². The van der Waals surface area contributed by atoms with E-state index in [9.17, 15) is 14.4 Å². The van der Waals surface area contributed by atoms with Gasteiger partial charge in [-0.3, -0.25) is 9.59 Å². The molecular formula is C11H13NO5. The number of methoxy groups -OCH3 is 1. The minimum absolute atomic E-state index is 0.0962. The Bertz CT molecular complexity index is 414. The topological polar surface area (TPSA) is 72.9 Å². The van der Waals surface area contributed by atoms with Gasteiger partial charge in [0.05, 0.1) is 24.6 Å². The van der Waals surface area contributed by atoms with Crippen molar-refractivity contribution in [2.45, 2.75) is 19.4 Å². The molecule has 2 atom stereocenters. The number of hydrogen-bond donors (Lipinski definition) is 0. The number of carbonyl (C=O) groups is 3. The molecule has 92 valence electrons. The van der Waals surface area contributed by atoms with Gasteiger partial charge in [0.1, 0.15) is 0 Å². The van der Waals surface area contributed by atoms with E-state index >= 15 is 0 Å². The summed E-state index contributed by atoms with van der Waals surface area (Å²) in [5.41, 5.74) is 0.463. The van der Waals surface area contributed by atoms with Gasteiger partial charge in [-0.15, -0.1) is 0 Å². The van der Waals surface area contributed by atoms with Crippen molar-refractivity contribution in [3.63, 3.8) is 0 Å². The molecule has 2 rings (SSSR count). The lowest BCUT2D eigenvalue weighted by Gasteiger charge is -2.51. The minimum Gasteiger partial charge on any atom is -0.466 e. The number of likely N-dealkylation sites (tertiary alicyclic amines) is 1. The summed E-state index contributed by atoms with van der Waals surface area (Å²) in [6.07, 6.45) is 1.85. The Hall–Kier alpha value is -1.85. The lowest BCUT2D eigenvalue weighted by Crippen LogP contribution is -2.67. The lowest BCUT2D eigenvalue weighted by atomic mass is 9.72. The van der Waals surface area contributed by atoms with Crippen molar-refractivity contribution >= 4 is 17.8 Å². The first-order valence-corrected chi connectivity index (χ1v) is 5.36. The molecule has 0 aromatic rings. The maximum Gasteiger partial charge on any atom is 0.335 e. The Morgan fingerprint density at radius 3 is 2.76 bits per heavy atom. The molecular weight excluding hydrogens is 226 g/mol. The fourth-order valence-electron chi connectivity index (χ4n) is 1.97. The first kappa shape index (κ1) is 11.6. The molecule has 0 N–H and O–H groups in total. The van der Waals surface area contributed by atoms with Crippen molar-refractivity contribution in [1.82, 2.24) is 4.90 Å². The minimum atomic E-state index is -0.439. The van der Waals surface area contributed by atoms with Gasteiger partial charge in [-0.05, 0) is 0 Å².